The zero-order valence-electron chi connectivity index (χ0n) is 11.6. The number of benzene rings is 1. The van der Waals surface area contributed by atoms with E-state index in [9.17, 15) is 13.2 Å². The van der Waals surface area contributed by atoms with Gasteiger partial charge in [-0.1, -0.05) is 12.1 Å². The second-order valence-electron chi connectivity index (χ2n) is 5.53. The second-order valence-corrected chi connectivity index (χ2v) is 10.8. The average Bonchev–Trinajstić information content (AvgIpc) is 2.25. The summed E-state index contributed by atoms with van der Waals surface area (Å²) in [7, 11) is -2.40. The van der Waals surface area contributed by atoms with Gasteiger partial charge in [-0.2, -0.15) is 17.1 Å². The maximum absolute atomic E-state index is 13.4. The van der Waals surface area contributed by atoms with Crippen LogP contribution in [0.1, 0.15) is 12.5 Å². The lowest BCUT2D eigenvalue weighted by atomic mass is 9.95. The van der Waals surface area contributed by atoms with Crippen LogP contribution in [0.4, 0.5) is 18.9 Å². The molecule has 0 amide bonds. The number of hydrogen-bond donors (Lipinski definition) is 0. The SMILES string of the molecule is C[C@@](O[Si](C)(C)C)(c1ccc(N(Cl)Cl)cc1)C(F)(F)F. The third-order valence-corrected chi connectivity index (χ3v) is 4.08. The zero-order valence-corrected chi connectivity index (χ0v) is 14.1. The molecular weight excluding hydrogens is 330 g/mol. The van der Waals surface area contributed by atoms with Crippen molar-refractivity contribution < 1.29 is 17.6 Å². The minimum atomic E-state index is -4.52. The molecule has 2 nitrogen and oxygen atoms in total. The first-order valence-corrected chi connectivity index (χ1v) is 9.94. The molecule has 8 heteroatoms. The topological polar surface area (TPSA) is 12.5 Å². The molecule has 0 N–H and O–H groups in total. The van der Waals surface area contributed by atoms with Gasteiger partial charge in [-0.3, -0.25) is 0 Å². The molecule has 114 valence electrons. The highest BCUT2D eigenvalue weighted by Gasteiger charge is 2.55. The lowest BCUT2D eigenvalue weighted by Crippen LogP contribution is -2.48. The first-order chi connectivity index (χ1) is 8.87. The number of hydrogen-bond acceptors (Lipinski definition) is 2. The summed E-state index contributed by atoms with van der Waals surface area (Å²) in [5.41, 5.74) is -1.94. The molecular formula is C12H16Cl2F3NOSi. The molecule has 0 aliphatic heterocycles. The van der Waals surface area contributed by atoms with Crippen molar-refractivity contribution in [3.63, 3.8) is 0 Å². The van der Waals surface area contributed by atoms with E-state index in [1.807, 2.05) is 0 Å². The van der Waals surface area contributed by atoms with Crippen molar-refractivity contribution >= 4 is 37.6 Å². The Kier molecular flexibility index (Phi) is 5.07. The molecule has 0 bridgehead atoms. The molecule has 0 saturated heterocycles. The first kappa shape index (κ1) is 17.6. The fourth-order valence-corrected chi connectivity index (χ4v) is 3.47. The monoisotopic (exact) mass is 345 g/mol. The molecule has 0 aliphatic carbocycles. The van der Waals surface area contributed by atoms with Gasteiger partial charge in [0.2, 0.25) is 0 Å². The molecule has 0 fully saturated rings. The minimum Gasteiger partial charge on any atom is -0.401 e. The Morgan fingerprint density at radius 1 is 1.05 bits per heavy atom. The quantitative estimate of drug-likeness (QED) is 0.532. The third kappa shape index (κ3) is 4.04. The number of nitrogens with zero attached hydrogens (tertiary/aromatic N) is 1. The minimum absolute atomic E-state index is 0.0198. The van der Waals surface area contributed by atoms with Crippen LogP contribution in [0.2, 0.25) is 19.6 Å². The summed E-state index contributed by atoms with van der Waals surface area (Å²) < 4.78 is 46.4. The molecule has 1 aromatic rings. The van der Waals surface area contributed by atoms with Crippen LogP contribution in [-0.2, 0) is 10.0 Å². The molecule has 0 aliphatic rings. The van der Waals surface area contributed by atoms with Gasteiger partial charge in [0.1, 0.15) is 0 Å². The van der Waals surface area contributed by atoms with Crippen LogP contribution >= 0.6 is 23.6 Å². The molecule has 0 heterocycles. The summed E-state index contributed by atoms with van der Waals surface area (Å²) in [6.07, 6.45) is -4.52. The molecule has 1 rings (SSSR count). The van der Waals surface area contributed by atoms with E-state index >= 15 is 0 Å². The number of alkyl halides is 3. The molecule has 0 saturated carbocycles. The normalized spacial score (nSPS) is 15.8. The Morgan fingerprint density at radius 2 is 1.50 bits per heavy atom. The average molecular weight is 346 g/mol. The maximum Gasteiger partial charge on any atom is 0.420 e. The van der Waals surface area contributed by atoms with Crippen molar-refractivity contribution in [1.82, 2.24) is 0 Å². The Hall–Kier alpha value is -0.433. The highest BCUT2D eigenvalue weighted by molar-refractivity contribution is 6.69. The standard InChI is InChI=1S/C12H16Cl2F3NOSi/c1-11(12(15,16)17,19-20(2,3)4)9-5-7-10(8-6-9)18(13)14/h5-8H,1-4H3/t11-/m1/s1. The van der Waals surface area contributed by atoms with Crippen LogP contribution in [0.3, 0.4) is 0 Å². The van der Waals surface area contributed by atoms with Crippen LogP contribution < -0.4 is 3.94 Å². The molecule has 0 aromatic heterocycles. The summed E-state index contributed by atoms with van der Waals surface area (Å²) in [6, 6.07) is 5.46. The van der Waals surface area contributed by atoms with Gasteiger partial charge < -0.3 is 4.43 Å². The van der Waals surface area contributed by atoms with Gasteiger partial charge in [-0.25, -0.2) is 0 Å². The Morgan fingerprint density at radius 3 is 1.80 bits per heavy atom. The van der Waals surface area contributed by atoms with Crippen molar-refractivity contribution in [3.05, 3.63) is 29.8 Å². The van der Waals surface area contributed by atoms with E-state index in [4.69, 9.17) is 28.0 Å². The lowest BCUT2D eigenvalue weighted by molar-refractivity contribution is -0.250. The molecule has 0 radical (unpaired) electrons. The van der Waals surface area contributed by atoms with Crippen molar-refractivity contribution in [2.24, 2.45) is 0 Å². The van der Waals surface area contributed by atoms with E-state index < -0.39 is 20.1 Å². The first-order valence-electron chi connectivity index (χ1n) is 5.86. The molecule has 0 unspecified atom stereocenters. The van der Waals surface area contributed by atoms with Gasteiger partial charge in [0.15, 0.2) is 13.9 Å². The highest BCUT2D eigenvalue weighted by atomic mass is 35.5. The van der Waals surface area contributed by atoms with Crippen LogP contribution in [0, 0.1) is 0 Å². The van der Waals surface area contributed by atoms with E-state index in [1.165, 1.54) is 24.3 Å². The van der Waals surface area contributed by atoms with Crippen molar-refractivity contribution in [1.29, 1.82) is 0 Å². The molecule has 0 spiro atoms. The van der Waals surface area contributed by atoms with E-state index in [2.05, 4.69) is 0 Å². The van der Waals surface area contributed by atoms with Crippen LogP contribution in [0.25, 0.3) is 0 Å². The van der Waals surface area contributed by atoms with Gasteiger partial charge in [-0.15, -0.1) is 0 Å². The highest BCUT2D eigenvalue weighted by Crippen LogP contribution is 2.44. The summed E-state index contributed by atoms with van der Waals surface area (Å²) in [5, 5.41) is 0. The summed E-state index contributed by atoms with van der Waals surface area (Å²) in [4.78, 5) is 0. The number of halogens is 5. The van der Waals surface area contributed by atoms with Crippen LogP contribution in [0.15, 0.2) is 24.3 Å². The predicted octanol–water partition coefficient (Wildman–Crippen LogP) is 5.43. The van der Waals surface area contributed by atoms with Gasteiger partial charge in [-0.05, 0) is 44.3 Å². The number of rotatable bonds is 4. The largest absolute Gasteiger partial charge is 0.420 e. The van der Waals surface area contributed by atoms with Crippen molar-refractivity contribution in [3.8, 4) is 0 Å². The van der Waals surface area contributed by atoms with Crippen LogP contribution in [0.5, 0.6) is 0 Å². The fraction of sp³-hybridized carbons (Fsp3) is 0.500. The molecule has 1 atom stereocenters. The summed E-state index contributed by atoms with van der Waals surface area (Å²) >= 11 is 11.0. The van der Waals surface area contributed by atoms with E-state index in [1.54, 1.807) is 19.6 Å². The fourth-order valence-electron chi connectivity index (χ4n) is 1.78. The van der Waals surface area contributed by atoms with E-state index in [0.717, 1.165) is 10.9 Å². The Balaban J connectivity index is 3.25. The zero-order chi connectivity index (χ0) is 15.8. The second kappa shape index (κ2) is 5.75. The number of anilines is 1. The maximum atomic E-state index is 13.4. The van der Waals surface area contributed by atoms with Crippen molar-refractivity contribution in [2.45, 2.75) is 38.3 Å². The van der Waals surface area contributed by atoms with Gasteiger partial charge in [0.05, 0.1) is 5.69 Å². The van der Waals surface area contributed by atoms with E-state index in [-0.39, 0.29) is 5.56 Å². The smallest absolute Gasteiger partial charge is 0.401 e. The molecule has 20 heavy (non-hydrogen) atoms. The van der Waals surface area contributed by atoms with Gasteiger partial charge in [0.25, 0.3) is 0 Å². The van der Waals surface area contributed by atoms with Gasteiger partial charge >= 0.3 is 6.18 Å². The molecule has 1 aromatic carbocycles. The Bertz CT molecular complexity index is 459. The Labute approximate surface area is 127 Å². The van der Waals surface area contributed by atoms with Crippen molar-refractivity contribution in [2.75, 3.05) is 3.94 Å². The third-order valence-electron chi connectivity index (χ3n) is 2.66. The van der Waals surface area contributed by atoms with E-state index in [0.29, 0.717) is 5.69 Å². The summed E-state index contributed by atoms with van der Waals surface area (Å²) in [6.45, 7) is 6.18. The van der Waals surface area contributed by atoms with Gasteiger partial charge in [0, 0.05) is 23.6 Å². The summed E-state index contributed by atoms with van der Waals surface area (Å²) in [5.74, 6) is 0. The lowest BCUT2D eigenvalue weighted by Gasteiger charge is -2.38. The van der Waals surface area contributed by atoms with Crippen LogP contribution in [-0.4, -0.2) is 14.5 Å². The predicted molar refractivity (Wildman–Crippen MR) is 78.5 cm³/mol.